The van der Waals surface area contributed by atoms with Crippen molar-refractivity contribution in [2.45, 2.75) is 25.7 Å². The zero-order valence-electron chi connectivity index (χ0n) is 5.97. The highest BCUT2D eigenvalue weighted by atomic mass is 16.4. The molecule has 1 fully saturated rings. The van der Waals surface area contributed by atoms with Crippen molar-refractivity contribution in [1.29, 1.82) is 0 Å². The first-order chi connectivity index (χ1) is 4.70. The molecule has 0 heterocycles. The highest BCUT2D eigenvalue weighted by Crippen LogP contribution is 2.34. The lowest BCUT2D eigenvalue weighted by molar-refractivity contribution is -0.132. The van der Waals surface area contributed by atoms with E-state index in [-0.39, 0.29) is 0 Å². The van der Waals surface area contributed by atoms with Crippen LogP contribution in [0.1, 0.15) is 25.7 Å². The first kappa shape index (κ1) is 7.32. The van der Waals surface area contributed by atoms with Gasteiger partial charge in [0.05, 0.1) is 0 Å². The van der Waals surface area contributed by atoms with E-state index < -0.39 is 5.97 Å². The van der Waals surface area contributed by atoms with Crippen molar-refractivity contribution >= 4 is 5.97 Å². The third-order valence-corrected chi connectivity index (χ3v) is 1.85. The van der Waals surface area contributed by atoms with E-state index in [2.05, 4.69) is 6.58 Å². The van der Waals surface area contributed by atoms with E-state index in [1.807, 2.05) is 0 Å². The van der Waals surface area contributed by atoms with Crippen LogP contribution in [0.5, 0.6) is 0 Å². The van der Waals surface area contributed by atoms with Gasteiger partial charge in [-0.1, -0.05) is 19.4 Å². The zero-order valence-corrected chi connectivity index (χ0v) is 5.97. The van der Waals surface area contributed by atoms with Crippen molar-refractivity contribution in [3.8, 4) is 0 Å². The predicted molar refractivity (Wildman–Crippen MR) is 38.7 cm³/mol. The molecule has 1 N–H and O–H groups in total. The smallest absolute Gasteiger partial charge is 0.330 e. The number of carboxylic acid groups (broad SMARTS) is 1. The van der Waals surface area contributed by atoms with E-state index in [1.54, 1.807) is 0 Å². The summed E-state index contributed by atoms with van der Waals surface area (Å²) in [6, 6.07) is 0. The molecule has 0 aromatic carbocycles. The molecule has 1 rings (SSSR count). The second kappa shape index (κ2) is 2.86. The van der Waals surface area contributed by atoms with Gasteiger partial charge in [-0.3, -0.25) is 0 Å². The Labute approximate surface area is 60.6 Å². The fourth-order valence-electron chi connectivity index (χ4n) is 0.892. The van der Waals surface area contributed by atoms with E-state index in [0.29, 0.717) is 12.0 Å². The van der Waals surface area contributed by atoms with E-state index >= 15 is 0 Å². The minimum atomic E-state index is -0.847. The summed E-state index contributed by atoms with van der Waals surface area (Å²) in [5.41, 5.74) is 0.354. The Bertz CT molecular complexity index is 157. The molecule has 0 atom stereocenters. The van der Waals surface area contributed by atoms with Gasteiger partial charge in [0, 0.05) is 5.57 Å². The number of carboxylic acids is 1. The first-order valence-corrected chi connectivity index (χ1v) is 3.61. The van der Waals surface area contributed by atoms with Crippen molar-refractivity contribution in [3.05, 3.63) is 12.2 Å². The second-order valence-electron chi connectivity index (χ2n) is 2.89. The van der Waals surface area contributed by atoms with Gasteiger partial charge in [0.1, 0.15) is 0 Å². The largest absolute Gasteiger partial charge is 0.478 e. The molecule has 2 heteroatoms. The van der Waals surface area contributed by atoms with Gasteiger partial charge in [-0.15, -0.1) is 0 Å². The molecule has 1 aliphatic carbocycles. The topological polar surface area (TPSA) is 37.3 Å². The molecule has 56 valence electrons. The molecule has 0 spiro atoms. The Hall–Kier alpha value is -0.790. The molecule has 1 saturated carbocycles. The van der Waals surface area contributed by atoms with Crippen LogP contribution in [0.25, 0.3) is 0 Å². The maximum atomic E-state index is 10.2. The Morgan fingerprint density at radius 1 is 1.60 bits per heavy atom. The summed E-state index contributed by atoms with van der Waals surface area (Å²) < 4.78 is 0. The average molecular weight is 140 g/mol. The average Bonchev–Trinajstić information content (AvgIpc) is 2.64. The molecule has 0 radical (unpaired) electrons. The Morgan fingerprint density at radius 2 is 2.20 bits per heavy atom. The van der Waals surface area contributed by atoms with Crippen LogP contribution in [0.2, 0.25) is 0 Å². The minimum absolute atomic E-state index is 0.354. The van der Waals surface area contributed by atoms with Gasteiger partial charge >= 0.3 is 5.97 Å². The molecule has 10 heavy (non-hydrogen) atoms. The van der Waals surface area contributed by atoms with Gasteiger partial charge in [0.2, 0.25) is 0 Å². The molecular formula is C8H12O2. The lowest BCUT2D eigenvalue weighted by Gasteiger charge is -1.96. The van der Waals surface area contributed by atoms with Crippen molar-refractivity contribution in [1.82, 2.24) is 0 Å². The van der Waals surface area contributed by atoms with Crippen molar-refractivity contribution in [2.24, 2.45) is 5.92 Å². The second-order valence-corrected chi connectivity index (χ2v) is 2.89. The zero-order chi connectivity index (χ0) is 7.56. The predicted octanol–water partition coefficient (Wildman–Crippen LogP) is 1.82. The third kappa shape index (κ3) is 2.21. The number of hydrogen-bond acceptors (Lipinski definition) is 1. The monoisotopic (exact) mass is 140 g/mol. The van der Waals surface area contributed by atoms with Crippen LogP contribution in [0, 0.1) is 5.92 Å². The van der Waals surface area contributed by atoms with E-state index in [4.69, 9.17) is 5.11 Å². The van der Waals surface area contributed by atoms with Crippen LogP contribution >= 0.6 is 0 Å². The minimum Gasteiger partial charge on any atom is -0.478 e. The first-order valence-electron chi connectivity index (χ1n) is 3.61. The lowest BCUT2D eigenvalue weighted by atomic mass is 10.1. The molecule has 2 nitrogen and oxygen atoms in total. The molecule has 0 unspecified atom stereocenters. The van der Waals surface area contributed by atoms with Gasteiger partial charge in [-0.2, -0.15) is 0 Å². The standard InChI is InChI=1S/C8H12O2/c1-6(8(9)10)2-3-7-4-5-7/h7H,1-5H2,(H,9,10). The maximum Gasteiger partial charge on any atom is 0.330 e. The molecule has 0 amide bonds. The fraction of sp³-hybridized carbons (Fsp3) is 0.625. The molecular weight excluding hydrogens is 128 g/mol. The molecule has 0 bridgehead atoms. The van der Waals surface area contributed by atoms with Gasteiger partial charge in [-0.05, 0) is 18.8 Å². The number of aliphatic carboxylic acids is 1. The van der Waals surface area contributed by atoms with Gasteiger partial charge < -0.3 is 5.11 Å². The third-order valence-electron chi connectivity index (χ3n) is 1.85. The summed E-state index contributed by atoms with van der Waals surface area (Å²) in [5.74, 6) is -0.0447. The van der Waals surface area contributed by atoms with E-state index in [0.717, 1.165) is 12.3 Å². The van der Waals surface area contributed by atoms with Crippen molar-refractivity contribution in [3.63, 3.8) is 0 Å². The lowest BCUT2D eigenvalue weighted by Crippen LogP contribution is -1.98. The summed E-state index contributed by atoms with van der Waals surface area (Å²) in [6.45, 7) is 3.45. The molecule has 0 aliphatic heterocycles. The Morgan fingerprint density at radius 3 is 2.60 bits per heavy atom. The SMILES string of the molecule is C=C(CCC1CC1)C(=O)O. The molecule has 1 aliphatic rings. The van der Waals surface area contributed by atoms with Crippen LogP contribution < -0.4 is 0 Å². The van der Waals surface area contributed by atoms with Crippen molar-refractivity contribution in [2.75, 3.05) is 0 Å². The van der Waals surface area contributed by atoms with Gasteiger partial charge in [0.15, 0.2) is 0 Å². The van der Waals surface area contributed by atoms with E-state index in [1.165, 1.54) is 12.8 Å². The Kier molecular flexibility index (Phi) is 2.10. The molecule has 0 saturated heterocycles. The van der Waals surface area contributed by atoms with Gasteiger partial charge in [0.25, 0.3) is 0 Å². The highest BCUT2D eigenvalue weighted by Gasteiger charge is 2.21. The summed E-state index contributed by atoms with van der Waals surface area (Å²) in [6.07, 6.45) is 4.25. The van der Waals surface area contributed by atoms with Crippen LogP contribution in [-0.4, -0.2) is 11.1 Å². The number of rotatable bonds is 4. The van der Waals surface area contributed by atoms with Crippen LogP contribution in [0.4, 0.5) is 0 Å². The maximum absolute atomic E-state index is 10.2. The summed E-state index contributed by atoms with van der Waals surface area (Å²) in [7, 11) is 0. The normalized spacial score (nSPS) is 16.8. The Balaban J connectivity index is 2.11. The molecule has 0 aromatic heterocycles. The van der Waals surface area contributed by atoms with Crippen LogP contribution in [0.15, 0.2) is 12.2 Å². The molecule has 0 aromatic rings. The van der Waals surface area contributed by atoms with Gasteiger partial charge in [-0.25, -0.2) is 4.79 Å². The van der Waals surface area contributed by atoms with Crippen LogP contribution in [-0.2, 0) is 4.79 Å². The summed E-state index contributed by atoms with van der Waals surface area (Å²) in [4.78, 5) is 10.2. The quantitative estimate of drug-likeness (QED) is 0.605. The number of carbonyl (C=O) groups is 1. The van der Waals surface area contributed by atoms with Crippen LogP contribution in [0.3, 0.4) is 0 Å². The van der Waals surface area contributed by atoms with Crippen molar-refractivity contribution < 1.29 is 9.90 Å². The fourth-order valence-corrected chi connectivity index (χ4v) is 0.892. The summed E-state index contributed by atoms with van der Waals surface area (Å²) in [5, 5.41) is 8.42. The summed E-state index contributed by atoms with van der Waals surface area (Å²) >= 11 is 0. The highest BCUT2D eigenvalue weighted by molar-refractivity contribution is 5.85. The number of hydrogen-bond donors (Lipinski definition) is 1. The van der Waals surface area contributed by atoms with E-state index in [9.17, 15) is 4.79 Å².